The summed E-state index contributed by atoms with van der Waals surface area (Å²) in [6, 6.07) is 0.323. The molecular weight excluding hydrogens is 200 g/mol. The summed E-state index contributed by atoms with van der Waals surface area (Å²) in [4.78, 5) is 11.7. The van der Waals surface area contributed by atoms with E-state index in [0.717, 1.165) is 31.8 Å². The quantitative estimate of drug-likeness (QED) is 0.726. The minimum atomic E-state index is 0.227. The van der Waals surface area contributed by atoms with E-state index in [1.54, 1.807) is 0 Å². The van der Waals surface area contributed by atoms with Gasteiger partial charge in [-0.1, -0.05) is 13.8 Å². The van der Waals surface area contributed by atoms with Crippen LogP contribution in [0.3, 0.4) is 0 Å². The summed E-state index contributed by atoms with van der Waals surface area (Å²) in [5, 5.41) is 6.39. The van der Waals surface area contributed by atoms with Gasteiger partial charge in [0.15, 0.2) is 0 Å². The Morgan fingerprint density at radius 1 is 1.38 bits per heavy atom. The minimum Gasteiger partial charge on any atom is -0.354 e. The second-order valence-corrected chi connectivity index (χ2v) is 5.50. The SMILES string of the molecule is CC(C)CCC(C)NC(=O)CC1CCNC1. The van der Waals surface area contributed by atoms with Gasteiger partial charge in [-0.3, -0.25) is 4.79 Å². The van der Waals surface area contributed by atoms with Crippen LogP contribution in [0.25, 0.3) is 0 Å². The Morgan fingerprint density at radius 3 is 2.69 bits per heavy atom. The van der Waals surface area contributed by atoms with Gasteiger partial charge in [-0.05, 0) is 51.1 Å². The molecule has 0 saturated carbocycles. The van der Waals surface area contributed by atoms with E-state index in [0.29, 0.717) is 18.4 Å². The Labute approximate surface area is 99.4 Å². The lowest BCUT2D eigenvalue weighted by atomic mass is 10.0. The van der Waals surface area contributed by atoms with Crippen molar-refractivity contribution in [3.05, 3.63) is 0 Å². The topological polar surface area (TPSA) is 41.1 Å². The molecule has 1 aliphatic rings. The fourth-order valence-electron chi connectivity index (χ4n) is 2.14. The summed E-state index contributed by atoms with van der Waals surface area (Å²) in [5.74, 6) is 1.50. The van der Waals surface area contributed by atoms with Crippen molar-refractivity contribution in [1.29, 1.82) is 0 Å². The number of hydrogen-bond donors (Lipinski definition) is 2. The molecule has 0 aliphatic carbocycles. The van der Waals surface area contributed by atoms with E-state index in [2.05, 4.69) is 31.4 Å². The maximum Gasteiger partial charge on any atom is 0.220 e. The Balaban J connectivity index is 2.12. The maximum absolute atomic E-state index is 11.7. The van der Waals surface area contributed by atoms with Crippen LogP contribution in [-0.4, -0.2) is 25.0 Å². The van der Waals surface area contributed by atoms with Crippen LogP contribution in [0.2, 0.25) is 0 Å². The van der Waals surface area contributed by atoms with Crippen molar-refractivity contribution < 1.29 is 4.79 Å². The Hall–Kier alpha value is -0.570. The smallest absolute Gasteiger partial charge is 0.220 e. The zero-order valence-electron chi connectivity index (χ0n) is 10.9. The van der Waals surface area contributed by atoms with Gasteiger partial charge in [0.25, 0.3) is 0 Å². The van der Waals surface area contributed by atoms with Crippen molar-refractivity contribution in [2.75, 3.05) is 13.1 Å². The number of nitrogens with one attached hydrogen (secondary N) is 2. The monoisotopic (exact) mass is 226 g/mol. The van der Waals surface area contributed by atoms with Crippen LogP contribution in [-0.2, 0) is 4.79 Å². The molecule has 0 aromatic rings. The maximum atomic E-state index is 11.7. The normalized spacial score (nSPS) is 22.4. The van der Waals surface area contributed by atoms with Crippen molar-refractivity contribution in [2.24, 2.45) is 11.8 Å². The fourth-order valence-corrected chi connectivity index (χ4v) is 2.14. The molecule has 3 heteroatoms. The molecule has 0 spiro atoms. The number of rotatable bonds is 6. The van der Waals surface area contributed by atoms with Gasteiger partial charge >= 0.3 is 0 Å². The molecule has 0 aromatic heterocycles. The van der Waals surface area contributed by atoms with Gasteiger partial charge in [0, 0.05) is 12.5 Å². The largest absolute Gasteiger partial charge is 0.354 e. The molecule has 1 heterocycles. The summed E-state index contributed by atoms with van der Waals surface area (Å²) in [7, 11) is 0. The minimum absolute atomic E-state index is 0.227. The van der Waals surface area contributed by atoms with E-state index in [9.17, 15) is 4.79 Å². The Kier molecular flexibility index (Phi) is 5.81. The lowest BCUT2D eigenvalue weighted by Crippen LogP contribution is -2.34. The van der Waals surface area contributed by atoms with Crippen LogP contribution in [0, 0.1) is 11.8 Å². The highest BCUT2D eigenvalue weighted by molar-refractivity contribution is 5.76. The third-order valence-corrected chi connectivity index (χ3v) is 3.22. The standard InChI is InChI=1S/C13H26N2O/c1-10(2)4-5-11(3)15-13(16)8-12-6-7-14-9-12/h10-12,14H,4-9H2,1-3H3,(H,15,16). The average molecular weight is 226 g/mol. The molecule has 0 radical (unpaired) electrons. The molecule has 1 fully saturated rings. The van der Waals surface area contributed by atoms with Crippen molar-refractivity contribution >= 4 is 5.91 Å². The van der Waals surface area contributed by atoms with Gasteiger partial charge in [-0.15, -0.1) is 0 Å². The Bertz CT molecular complexity index is 210. The molecule has 1 saturated heterocycles. The number of carbonyl (C=O) groups excluding carboxylic acids is 1. The van der Waals surface area contributed by atoms with E-state index in [1.165, 1.54) is 6.42 Å². The highest BCUT2D eigenvalue weighted by Crippen LogP contribution is 2.12. The molecule has 1 rings (SSSR count). The lowest BCUT2D eigenvalue weighted by molar-refractivity contribution is -0.122. The van der Waals surface area contributed by atoms with Crippen LogP contribution in [0.4, 0.5) is 0 Å². The second kappa shape index (κ2) is 6.89. The first-order chi connectivity index (χ1) is 7.58. The van der Waals surface area contributed by atoms with Gasteiger partial charge in [0.05, 0.1) is 0 Å². The average Bonchev–Trinajstić information content (AvgIpc) is 2.67. The molecule has 2 unspecified atom stereocenters. The summed E-state index contributed by atoms with van der Waals surface area (Å²) in [6.45, 7) is 8.62. The molecule has 3 nitrogen and oxygen atoms in total. The third kappa shape index (κ3) is 5.50. The van der Waals surface area contributed by atoms with Crippen LogP contribution in [0.1, 0.15) is 46.5 Å². The van der Waals surface area contributed by atoms with Gasteiger partial charge in [0.2, 0.25) is 5.91 Å². The highest BCUT2D eigenvalue weighted by Gasteiger charge is 2.18. The van der Waals surface area contributed by atoms with Crippen molar-refractivity contribution in [2.45, 2.75) is 52.5 Å². The van der Waals surface area contributed by atoms with Crippen molar-refractivity contribution in [3.63, 3.8) is 0 Å². The Morgan fingerprint density at radius 2 is 2.12 bits per heavy atom. The molecule has 0 bridgehead atoms. The first kappa shape index (κ1) is 13.5. The van der Waals surface area contributed by atoms with Crippen molar-refractivity contribution in [1.82, 2.24) is 10.6 Å². The fraction of sp³-hybridized carbons (Fsp3) is 0.923. The highest BCUT2D eigenvalue weighted by atomic mass is 16.1. The summed E-state index contributed by atoms with van der Waals surface area (Å²) < 4.78 is 0. The molecular formula is C13H26N2O. The lowest BCUT2D eigenvalue weighted by Gasteiger charge is -2.16. The van der Waals surface area contributed by atoms with Crippen LogP contribution in [0.15, 0.2) is 0 Å². The van der Waals surface area contributed by atoms with E-state index in [4.69, 9.17) is 0 Å². The zero-order valence-corrected chi connectivity index (χ0v) is 10.9. The molecule has 94 valence electrons. The van der Waals surface area contributed by atoms with Crippen molar-refractivity contribution in [3.8, 4) is 0 Å². The molecule has 16 heavy (non-hydrogen) atoms. The zero-order chi connectivity index (χ0) is 12.0. The first-order valence-corrected chi connectivity index (χ1v) is 6.58. The molecule has 1 amide bonds. The van der Waals surface area contributed by atoms with Crippen LogP contribution >= 0.6 is 0 Å². The predicted molar refractivity (Wildman–Crippen MR) is 67.3 cm³/mol. The summed E-state index contributed by atoms with van der Waals surface area (Å²) >= 11 is 0. The third-order valence-electron chi connectivity index (χ3n) is 3.22. The van der Waals surface area contributed by atoms with Gasteiger partial charge < -0.3 is 10.6 Å². The summed E-state index contributed by atoms with van der Waals surface area (Å²) in [5.41, 5.74) is 0. The van der Waals surface area contributed by atoms with Gasteiger partial charge in [-0.2, -0.15) is 0 Å². The van der Waals surface area contributed by atoms with Crippen LogP contribution in [0.5, 0.6) is 0 Å². The number of amides is 1. The summed E-state index contributed by atoms with van der Waals surface area (Å²) in [6.07, 6.45) is 4.12. The van der Waals surface area contributed by atoms with E-state index in [-0.39, 0.29) is 5.91 Å². The molecule has 1 aliphatic heterocycles. The number of hydrogen-bond acceptors (Lipinski definition) is 2. The molecule has 2 N–H and O–H groups in total. The molecule has 0 aromatic carbocycles. The second-order valence-electron chi connectivity index (χ2n) is 5.50. The first-order valence-electron chi connectivity index (χ1n) is 6.58. The van der Waals surface area contributed by atoms with E-state index in [1.807, 2.05) is 0 Å². The van der Waals surface area contributed by atoms with Gasteiger partial charge in [-0.25, -0.2) is 0 Å². The van der Waals surface area contributed by atoms with E-state index >= 15 is 0 Å². The van der Waals surface area contributed by atoms with E-state index < -0.39 is 0 Å². The van der Waals surface area contributed by atoms with Crippen LogP contribution < -0.4 is 10.6 Å². The molecule has 2 atom stereocenters. The number of carbonyl (C=O) groups is 1. The van der Waals surface area contributed by atoms with Gasteiger partial charge in [0.1, 0.15) is 0 Å². The predicted octanol–water partition coefficient (Wildman–Crippen LogP) is 1.93.